The van der Waals surface area contributed by atoms with Gasteiger partial charge in [0.15, 0.2) is 0 Å². The standard InChI is InChI=1S/C18H16O4/c1-12(2)18(20)22-16-11-7-10-15(21-13(3)19)17(16)14-8-5-4-6-9-14/h4-11H,1H2,2-3H3. The Bertz CT molecular complexity index is 717. The molecule has 0 unspecified atom stereocenters. The molecule has 0 aliphatic carbocycles. The van der Waals surface area contributed by atoms with E-state index in [1.165, 1.54) is 6.92 Å². The topological polar surface area (TPSA) is 52.6 Å². The fourth-order valence-corrected chi connectivity index (χ4v) is 1.91. The van der Waals surface area contributed by atoms with Gasteiger partial charge < -0.3 is 9.47 Å². The number of benzene rings is 2. The minimum absolute atomic E-state index is 0.289. The lowest BCUT2D eigenvalue weighted by molar-refractivity contribution is -0.132. The van der Waals surface area contributed by atoms with Crippen LogP contribution in [0.25, 0.3) is 11.1 Å². The molecule has 4 heteroatoms. The summed E-state index contributed by atoms with van der Waals surface area (Å²) in [7, 11) is 0. The van der Waals surface area contributed by atoms with E-state index in [1.807, 2.05) is 30.3 Å². The van der Waals surface area contributed by atoms with Gasteiger partial charge in [-0.1, -0.05) is 43.0 Å². The maximum Gasteiger partial charge on any atom is 0.338 e. The minimum Gasteiger partial charge on any atom is -0.426 e. The maximum absolute atomic E-state index is 11.8. The fourth-order valence-electron chi connectivity index (χ4n) is 1.91. The summed E-state index contributed by atoms with van der Waals surface area (Å²) in [6, 6.07) is 14.2. The summed E-state index contributed by atoms with van der Waals surface area (Å²) in [4.78, 5) is 23.1. The van der Waals surface area contributed by atoms with Crippen LogP contribution in [0.15, 0.2) is 60.7 Å². The predicted molar refractivity (Wildman–Crippen MR) is 83.6 cm³/mol. The van der Waals surface area contributed by atoms with Gasteiger partial charge in [-0.05, 0) is 24.6 Å². The Morgan fingerprint density at radius 3 is 2.00 bits per heavy atom. The Balaban J connectivity index is 2.55. The monoisotopic (exact) mass is 296 g/mol. The molecule has 0 bridgehead atoms. The van der Waals surface area contributed by atoms with Crippen LogP contribution in [0.3, 0.4) is 0 Å². The quantitative estimate of drug-likeness (QED) is 0.490. The number of hydrogen-bond donors (Lipinski definition) is 0. The van der Waals surface area contributed by atoms with Crippen LogP contribution in [0.5, 0.6) is 11.5 Å². The average Bonchev–Trinajstić information content (AvgIpc) is 2.47. The molecule has 0 atom stereocenters. The maximum atomic E-state index is 11.8. The molecule has 0 heterocycles. The van der Waals surface area contributed by atoms with Crippen LogP contribution in [-0.4, -0.2) is 11.9 Å². The van der Waals surface area contributed by atoms with Crippen molar-refractivity contribution in [2.45, 2.75) is 13.8 Å². The minimum atomic E-state index is -0.530. The molecule has 0 aliphatic heterocycles. The van der Waals surface area contributed by atoms with Gasteiger partial charge in [-0.2, -0.15) is 0 Å². The molecule has 0 saturated carbocycles. The lowest BCUT2D eigenvalue weighted by atomic mass is 10.0. The van der Waals surface area contributed by atoms with Crippen molar-refractivity contribution in [3.8, 4) is 22.6 Å². The molecule has 0 aliphatic rings. The largest absolute Gasteiger partial charge is 0.426 e. The van der Waals surface area contributed by atoms with Gasteiger partial charge in [0, 0.05) is 12.5 Å². The lowest BCUT2D eigenvalue weighted by Crippen LogP contribution is -2.10. The Hall–Kier alpha value is -2.88. The summed E-state index contributed by atoms with van der Waals surface area (Å²) in [6.07, 6.45) is 0. The zero-order valence-corrected chi connectivity index (χ0v) is 12.5. The zero-order valence-electron chi connectivity index (χ0n) is 12.5. The van der Waals surface area contributed by atoms with Gasteiger partial charge in [0.2, 0.25) is 0 Å². The molecule has 112 valence electrons. The second kappa shape index (κ2) is 6.72. The van der Waals surface area contributed by atoms with Crippen molar-refractivity contribution >= 4 is 11.9 Å². The SMILES string of the molecule is C=C(C)C(=O)Oc1cccc(OC(C)=O)c1-c1ccccc1. The van der Waals surface area contributed by atoms with E-state index in [-0.39, 0.29) is 5.57 Å². The molecule has 0 fully saturated rings. The van der Waals surface area contributed by atoms with Gasteiger partial charge in [-0.25, -0.2) is 4.79 Å². The van der Waals surface area contributed by atoms with Gasteiger partial charge in [0.05, 0.1) is 5.56 Å². The van der Waals surface area contributed by atoms with Crippen molar-refractivity contribution in [3.05, 3.63) is 60.7 Å². The average molecular weight is 296 g/mol. The second-order valence-corrected chi connectivity index (χ2v) is 4.76. The lowest BCUT2D eigenvalue weighted by Gasteiger charge is -2.14. The van der Waals surface area contributed by atoms with E-state index in [4.69, 9.17) is 9.47 Å². The molecule has 0 amide bonds. The van der Waals surface area contributed by atoms with Crippen LogP contribution in [-0.2, 0) is 9.59 Å². The molecule has 2 rings (SSSR count). The van der Waals surface area contributed by atoms with Gasteiger partial charge in [-0.3, -0.25) is 4.79 Å². The third kappa shape index (κ3) is 3.61. The Morgan fingerprint density at radius 1 is 0.864 bits per heavy atom. The third-order valence-corrected chi connectivity index (χ3v) is 2.86. The van der Waals surface area contributed by atoms with Gasteiger partial charge in [0.1, 0.15) is 11.5 Å². The van der Waals surface area contributed by atoms with Crippen LogP contribution >= 0.6 is 0 Å². The number of ether oxygens (including phenoxy) is 2. The summed E-state index contributed by atoms with van der Waals surface area (Å²) in [5, 5.41) is 0. The van der Waals surface area contributed by atoms with Crippen LogP contribution in [0.2, 0.25) is 0 Å². The Kier molecular flexibility index (Phi) is 4.73. The number of rotatable bonds is 4. The summed E-state index contributed by atoms with van der Waals surface area (Å²) in [5.41, 5.74) is 1.62. The van der Waals surface area contributed by atoms with Crippen LogP contribution in [0.1, 0.15) is 13.8 Å². The first-order valence-corrected chi connectivity index (χ1v) is 6.73. The van der Waals surface area contributed by atoms with E-state index in [0.717, 1.165) is 5.56 Å². The van der Waals surface area contributed by atoms with Crippen LogP contribution in [0, 0.1) is 0 Å². The second-order valence-electron chi connectivity index (χ2n) is 4.76. The van der Waals surface area contributed by atoms with Crippen LogP contribution < -0.4 is 9.47 Å². The third-order valence-electron chi connectivity index (χ3n) is 2.86. The number of carbonyl (C=O) groups excluding carboxylic acids is 2. The highest BCUT2D eigenvalue weighted by Gasteiger charge is 2.17. The van der Waals surface area contributed by atoms with E-state index < -0.39 is 11.9 Å². The number of hydrogen-bond acceptors (Lipinski definition) is 4. The molecule has 0 spiro atoms. The van der Waals surface area contributed by atoms with E-state index in [1.54, 1.807) is 25.1 Å². The highest BCUT2D eigenvalue weighted by atomic mass is 16.5. The molecule has 0 radical (unpaired) electrons. The molecule has 4 nitrogen and oxygen atoms in total. The normalized spacial score (nSPS) is 9.91. The van der Waals surface area contributed by atoms with Crippen molar-refractivity contribution in [3.63, 3.8) is 0 Å². The highest BCUT2D eigenvalue weighted by Crippen LogP contribution is 2.38. The summed E-state index contributed by atoms with van der Waals surface area (Å²) >= 11 is 0. The first kappa shape index (κ1) is 15.5. The molecule has 2 aromatic rings. The fraction of sp³-hybridized carbons (Fsp3) is 0.111. The molecule has 22 heavy (non-hydrogen) atoms. The first-order valence-electron chi connectivity index (χ1n) is 6.73. The van der Waals surface area contributed by atoms with Crippen molar-refractivity contribution in [2.75, 3.05) is 0 Å². The van der Waals surface area contributed by atoms with Crippen molar-refractivity contribution in [1.82, 2.24) is 0 Å². The van der Waals surface area contributed by atoms with Crippen LogP contribution in [0.4, 0.5) is 0 Å². The summed E-state index contributed by atoms with van der Waals surface area (Å²) < 4.78 is 10.6. The van der Waals surface area contributed by atoms with Crippen molar-refractivity contribution in [2.24, 2.45) is 0 Å². The van der Waals surface area contributed by atoms with E-state index in [2.05, 4.69) is 6.58 Å². The van der Waals surface area contributed by atoms with Crippen molar-refractivity contribution in [1.29, 1.82) is 0 Å². The van der Waals surface area contributed by atoms with Gasteiger partial charge >= 0.3 is 11.9 Å². The first-order chi connectivity index (χ1) is 10.5. The summed E-state index contributed by atoms with van der Waals surface area (Å²) in [5.74, 6) is -0.318. The van der Waals surface area contributed by atoms with Gasteiger partial charge in [-0.15, -0.1) is 0 Å². The Labute approximate surface area is 129 Å². The molecular formula is C18H16O4. The molecule has 0 N–H and O–H groups in total. The number of esters is 2. The summed E-state index contributed by atoms with van der Waals surface area (Å²) in [6.45, 7) is 6.46. The number of carbonyl (C=O) groups is 2. The predicted octanol–water partition coefficient (Wildman–Crippen LogP) is 3.76. The molecule has 0 aromatic heterocycles. The highest BCUT2D eigenvalue weighted by molar-refractivity contribution is 5.91. The molecule has 0 saturated heterocycles. The Morgan fingerprint density at radius 2 is 1.45 bits per heavy atom. The van der Waals surface area contributed by atoms with E-state index in [0.29, 0.717) is 17.1 Å². The van der Waals surface area contributed by atoms with Gasteiger partial charge in [0.25, 0.3) is 0 Å². The zero-order chi connectivity index (χ0) is 16.1. The smallest absolute Gasteiger partial charge is 0.338 e. The van der Waals surface area contributed by atoms with E-state index in [9.17, 15) is 9.59 Å². The van der Waals surface area contributed by atoms with Crippen molar-refractivity contribution < 1.29 is 19.1 Å². The van der Waals surface area contributed by atoms with E-state index >= 15 is 0 Å². The molecule has 2 aromatic carbocycles. The molecular weight excluding hydrogens is 280 g/mol.